The number of anilines is 1. The van der Waals surface area contributed by atoms with Gasteiger partial charge < -0.3 is 20.0 Å². The molecule has 0 saturated carbocycles. The third-order valence-electron chi connectivity index (χ3n) is 6.46. The molecule has 5 heterocycles. The van der Waals surface area contributed by atoms with Crippen LogP contribution in [0.3, 0.4) is 0 Å². The molecule has 1 aliphatic heterocycles. The molecule has 0 unspecified atom stereocenters. The van der Waals surface area contributed by atoms with Crippen LogP contribution >= 0.6 is 11.3 Å². The summed E-state index contributed by atoms with van der Waals surface area (Å²) in [5.41, 5.74) is 2.23. The van der Waals surface area contributed by atoms with Crippen molar-refractivity contribution < 1.29 is 18.0 Å². The Labute approximate surface area is 220 Å². The number of carbonyl (C=O) groups is 1. The molecular formula is C26H23F2N7O2S. The summed E-state index contributed by atoms with van der Waals surface area (Å²) in [6.45, 7) is 1.54. The van der Waals surface area contributed by atoms with Gasteiger partial charge in [-0.05, 0) is 49.2 Å². The molecule has 9 nitrogen and oxygen atoms in total. The van der Waals surface area contributed by atoms with Crippen molar-refractivity contribution in [3.8, 4) is 22.6 Å². The van der Waals surface area contributed by atoms with Gasteiger partial charge >= 0.3 is 6.03 Å². The fourth-order valence-corrected chi connectivity index (χ4v) is 5.25. The van der Waals surface area contributed by atoms with Gasteiger partial charge in [0.15, 0.2) is 16.6 Å². The SMILES string of the molecule is O=C(NCc1ccco1)N1CCC(Nc2nccc(-c3c(-c4ccc(F)c(F)c4)nc4sccn34)n2)CC1. The molecule has 0 atom stereocenters. The third-order valence-corrected chi connectivity index (χ3v) is 7.22. The maximum absolute atomic E-state index is 14.0. The van der Waals surface area contributed by atoms with Crippen LogP contribution in [0.15, 0.2) is 64.9 Å². The van der Waals surface area contributed by atoms with Gasteiger partial charge in [-0.15, -0.1) is 11.3 Å². The summed E-state index contributed by atoms with van der Waals surface area (Å²) in [7, 11) is 0. The summed E-state index contributed by atoms with van der Waals surface area (Å²) < 4.78 is 34.7. The van der Waals surface area contributed by atoms with Crippen LogP contribution in [-0.4, -0.2) is 49.4 Å². The Kier molecular flexibility index (Phi) is 6.46. The lowest BCUT2D eigenvalue weighted by molar-refractivity contribution is 0.182. The lowest BCUT2D eigenvalue weighted by atomic mass is 10.1. The average molecular weight is 536 g/mol. The van der Waals surface area contributed by atoms with E-state index in [1.54, 1.807) is 29.5 Å². The topological polar surface area (TPSA) is 101 Å². The lowest BCUT2D eigenvalue weighted by Gasteiger charge is -2.32. The van der Waals surface area contributed by atoms with Gasteiger partial charge in [0, 0.05) is 42.5 Å². The van der Waals surface area contributed by atoms with E-state index in [1.165, 1.54) is 17.4 Å². The Hall–Kier alpha value is -4.32. The number of hydrogen-bond donors (Lipinski definition) is 2. The second-order valence-corrected chi connectivity index (χ2v) is 9.78. The zero-order chi connectivity index (χ0) is 26.1. The summed E-state index contributed by atoms with van der Waals surface area (Å²) in [6, 6.07) is 9.09. The van der Waals surface area contributed by atoms with Crippen molar-refractivity contribution in [1.29, 1.82) is 0 Å². The largest absolute Gasteiger partial charge is 0.467 e. The lowest BCUT2D eigenvalue weighted by Crippen LogP contribution is -2.46. The number of benzene rings is 1. The van der Waals surface area contributed by atoms with Gasteiger partial charge in [-0.2, -0.15) is 0 Å². The fraction of sp³-hybridized carbons (Fsp3) is 0.231. The highest BCUT2D eigenvalue weighted by Crippen LogP contribution is 2.34. The average Bonchev–Trinajstić information content (AvgIpc) is 3.68. The van der Waals surface area contributed by atoms with E-state index in [2.05, 4.69) is 20.6 Å². The van der Waals surface area contributed by atoms with Crippen molar-refractivity contribution in [1.82, 2.24) is 29.6 Å². The number of hydrogen-bond acceptors (Lipinski definition) is 7. The van der Waals surface area contributed by atoms with Crippen molar-refractivity contribution in [3.63, 3.8) is 0 Å². The molecule has 4 aromatic heterocycles. The van der Waals surface area contributed by atoms with Gasteiger partial charge in [0.05, 0.1) is 24.2 Å². The Morgan fingerprint density at radius 2 is 2.00 bits per heavy atom. The molecule has 12 heteroatoms. The quantitative estimate of drug-likeness (QED) is 0.311. The molecule has 1 fully saturated rings. The first-order valence-corrected chi connectivity index (χ1v) is 13.0. The Morgan fingerprint density at radius 1 is 1.13 bits per heavy atom. The monoisotopic (exact) mass is 535 g/mol. The van der Waals surface area contributed by atoms with Gasteiger partial charge in [-0.25, -0.2) is 28.5 Å². The Bertz CT molecular complexity index is 1580. The molecule has 0 bridgehead atoms. The molecule has 1 saturated heterocycles. The number of carbonyl (C=O) groups excluding carboxylic acids is 1. The van der Waals surface area contributed by atoms with Crippen molar-refractivity contribution in [2.45, 2.75) is 25.4 Å². The van der Waals surface area contributed by atoms with Crippen molar-refractivity contribution >= 4 is 28.3 Å². The summed E-state index contributed by atoms with van der Waals surface area (Å²) in [5, 5.41) is 8.16. The second kappa shape index (κ2) is 10.2. The van der Waals surface area contributed by atoms with E-state index in [1.807, 2.05) is 22.0 Å². The minimum Gasteiger partial charge on any atom is -0.467 e. The van der Waals surface area contributed by atoms with Gasteiger partial charge in [0.2, 0.25) is 5.95 Å². The van der Waals surface area contributed by atoms with Gasteiger partial charge in [0.1, 0.15) is 11.5 Å². The smallest absolute Gasteiger partial charge is 0.317 e. The molecule has 0 aliphatic carbocycles. The van der Waals surface area contributed by atoms with Crippen LogP contribution in [0, 0.1) is 11.6 Å². The number of furan rings is 1. The number of imidazole rings is 1. The number of nitrogens with zero attached hydrogens (tertiary/aromatic N) is 5. The zero-order valence-electron chi connectivity index (χ0n) is 20.1. The van der Waals surface area contributed by atoms with E-state index in [0.717, 1.165) is 25.0 Å². The molecule has 194 valence electrons. The summed E-state index contributed by atoms with van der Waals surface area (Å²) in [4.78, 5) is 28.8. The maximum atomic E-state index is 14.0. The molecule has 0 radical (unpaired) electrons. The second-order valence-electron chi connectivity index (χ2n) is 8.90. The summed E-state index contributed by atoms with van der Waals surface area (Å²) in [5.74, 6) is -0.691. The van der Waals surface area contributed by atoms with Crippen molar-refractivity contribution in [2.75, 3.05) is 18.4 Å². The number of nitrogens with one attached hydrogen (secondary N) is 2. The Morgan fingerprint density at radius 3 is 2.79 bits per heavy atom. The predicted octanol–water partition coefficient (Wildman–Crippen LogP) is 5.18. The molecule has 2 amide bonds. The van der Waals surface area contributed by atoms with Crippen molar-refractivity contribution in [3.05, 3.63) is 77.8 Å². The van der Waals surface area contributed by atoms with Crippen LogP contribution in [0.1, 0.15) is 18.6 Å². The number of amides is 2. The highest BCUT2D eigenvalue weighted by atomic mass is 32.1. The van der Waals surface area contributed by atoms with Crippen LogP contribution in [0.4, 0.5) is 19.5 Å². The molecule has 1 aromatic carbocycles. The third kappa shape index (κ3) is 4.82. The first kappa shape index (κ1) is 24.0. The molecule has 2 N–H and O–H groups in total. The minimum atomic E-state index is -0.934. The fourth-order valence-electron chi connectivity index (χ4n) is 4.53. The van der Waals surface area contributed by atoms with Gasteiger partial charge in [-0.1, -0.05) is 0 Å². The van der Waals surface area contributed by atoms with Crippen LogP contribution < -0.4 is 10.6 Å². The number of fused-ring (bicyclic) bond motifs is 1. The number of halogens is 2. The molecule has 38 heavy (non-hydrogen) atoms. The van der Waals surface area contributed by atoms with E-state index >= 15 is 0 Å². The predicted molar refractivity (Wildman–Crippen MR) is 139 cm³/mol. The number of thiazole rings is 1. The van der Waals surface area contributed by atoms with Crippen LogP contribution in [-0.2, 0) is 6.54 Å². The number of urea groups is 1. The highest BCUT2D eigenvalue weighted by molar-refractivity contribution is 7.15. The van der Waals surface area contributed by atoms with Crippen LogP contribution in [0.5, 0.6) is 0 Å². The zero-order valence-corrected chi connectivity index (χ0v) is 20.9. The van der Waals surface area contributed by atoms with E-state index in [0.29, 0.717) is 58.9 Å². The first-order valence-electron chi connectivity index (χ1n) is 12.1. The normalized spacial score (nSPS) is 14.2. The van der Waals surface area contributed by atoms with E-state index in [9.17, 15) is 13.6 Å². The number of likely N-dealkylation sites (tertiary alicyclic amines) is 1. The summed E-state index contributed by atoms with van der Waals surface area (Å²) in [6.07, 6.45) is 6.58. The molecule has 5 aromatic rings. The standard InChI is InChI=1S/C26H23F2N7O2S/c27-19-4-3-16(14-20(19)28)22-23(35-11-13-38-26(35)33-22)21-5-8-29-24(32-21)31-17-6-9-34(10-7-17)25(36)30-15-18-2-1-12-37-18/h1-5,8,11-14,17H,6-7,9-10,15H2,(H,30,36)(H,29,31,32). The van der Waals surface area contributed by atoms with Gasteiger partial charge in [-0.3, -0.25) is 4.40 Å². The summed E-state index contributed by atoms with van der Waals surface area (Å²) >= 11 is 1.44. The number of piperidine rings is 1. The van der Waals surface area contributed by atoms with Gasteiger partial charge in [0.25, 0.3) is 0 Å². The van der Waals surface area contributed by atoms with E-state index < -0.39 is 11.6 Å². The van der Waals surface area contributed by atoms with Crippen LogP contribution in [0.25, 0.3) is 27.6 Å². The maximum Gasteiger partial charge on any atom is 0.317 e. The van der Waals surface area contributed by atoms with Crippen LogP contribution in [0.2, 0.25) is 0 Å². The Balaban J connectivity index is 1.16. The molecule has 1 aliphatic rings. The first-order chi connectivity index (χ1) is 18.5. The molecule has 6 rings (SSSR count). The van der Waals surface area contributed by atoms with E-state index in [4.69, 9.17) is 9.40 Å². The minimum absolute atomic E-state index is 0.0941. The number of rotatable bonds is 6. The molecule has 0 spiro atoms. The molecular weight excluding hydrogens is 512 g/mol. The van der Waals surface area contributed by atoms with Crippen molar-refractivity contribution in [2.24, 2.45) is 0 Å². The number of aromatic nitrogens is 4. The van der Waals surface area contributed by atoms with E-state index in [-0.39, 0.29) is 12.1 Å². The highest BCUT2D eigenvalue weighted by Gasteiger charge is 2.24.